The molecule has 1 amide bonds. The third-order valence-corrected chi connectivity index (χ3v) is 3.99. The van der Waals surface area contributed by atoms with Crippen molar-refractivity contribution in [2.45, 2.75) is 32.9 Å². The minimum absolute atomic E-state index is 0.102. The normalized spacial score (nSPS) is 11.4. The van der Waals surface area contributed by atoms with Crippen molar-refractivity contribution in [3.63, 3.8) is 0 Å². The molecule has 0 aromatic heterocycles. The first-order valence-corrected chi connectivity index (χ1v) is 9.26. The minimum Gasteiger partial charge on any atom is -0.465 e. The Hall–Kier alpha value is -3.35. The summed E-state index contributed by atoms with van der Waals surface area (Å²) in [5.41, 5.74) is 1.19. The second kappa shape index (κ2) is 10.8. The lowest BCUT2D eigenvalue weighted by Crippen LogP contribution is -2.44. The maximum Gasteiger partial charge on any atom is 0.408 e. The van der Waals surface area contributed by atoms with Gasteiger partial charge < -0.3 is 19.5 Å². The molecule has 0 heterocycles. The summed E-state index contributed by atoms with van der Waals surface area (Å²) in [6, 6.07) is 14.3. The average molecular weight is 399 g/mol. The molecular formula is C22H25NO6. The van der Waals surface area contributed by atoms with Crippen molar-refractivity contribution < 1.29 is 28.6 Å². The summed E-state index contributed by atoms with van der Waals surface area (Å²) < 4.78 is 15.2. The summed E-state index contributed by atoms with van der Waals surface area (Å²) in [4.78, 5) is 36.1. The van der Waals surface area contributed by atoms with Gasteiger partial charge in [-0.05, 0) is 42.2 Å². The Kier molecular flexibility index (Phi) is 8.21. The molecule has 1 atom stereocenters. The molecule has 7 nitrogen and oxygen atoms in total. The summed E-state index contributed by atoms with van der Waals surface area (Å²) in [7, 11) is 1.29. The zero-order valence-electron chi connectivity index (χ0n) is 16.7. The molecule has 0 saturated carbocycles. The summed E-state index contributed by atoms with van der Waals surface area (Å²) in [6.07, 6.45) is -0.308. The molecule has 2 rings (SSSR count). The Bertz CT molecular complexity index is 817. The van der Waals surface area contributed by atoms with E-state index in [4.69, 9.17) is 9.47 Å². The van der Waals surface area contributed by atoms with Crippen molar-refractivity contribution in [2.75, 3.05) is 7.11 Å². The standard InChI is InChI=1S/C22H25NO6/c1-15(2)13-19(23-22(26)28-14-16-7-5-4-6-8-16)21(25)29-18-11-9-17(10-12-18)20(24)27-3/h4-12,15,19H,13-14H2,1-3H3,(H,23,26). The predicted molar refractivity (Wildman–Crippen MR) is 106 cm³/mol. The van der Waals surface area contributed by atoms with Gasteiger partial charge in [0.1, 0.15) is 18.4 Å². The van der Waals surface area contributed by atoms with Crippen molar-refractivity contribution in [2.24, 2.45) is 5.92 Å². The first kappa shape index (κ1) is 21.9. The van der Waals surface area contributed by atoms with Gasteiger partial charge in [0.25, 0.3) is 0 Å². The zero-order chi connectivity index (χ0) is 21.2. The number of rotatable bonds is 8. The molecular weight excluding hydrogens is 374 g/mol. The van der Waals surface area contributed by atoms with Crippen LogP contribution in [0.1, 0.15) is 36.2 Å². The third-order valence-electron chi connectivity index (χ3n) is 3.99. The van der Waals surface area contributed by atoms with E-state index in [0.29, 0.717) is 12.0 Å². The lowest BCUT2D eigenvalue weighted by Gasteiger charge is -2.19. The van der Waals surface area contributed by atoms with Gasteiger partial charge in [-0.3, -0.25) is 0 Å². The molecule has 2 aromatic carbocycles. The first-order valence-electron chi connectivity index (χ1n) is 9.26. The second-order valence-electron chi connectivity index (χ2n) is 6.83. The Labute approximate surface area is 170 Å². The molecule has 2 aromatic rings. The Morgan fingerprint density at radius 1 is 0.966 bits per heavy atom. The summed E-state index contributed by atoms with van der Waals surface area (Å²) in [6.45, 7) is 3.97. The highest BCUT2D eigenvalue weighted by atomic mass is 16.6. The molecule has 0 fully saturated rings. The fourth-order valence-electron chi connectivity index (χ4n) is 2.56. The average Bonchev–Trinajstić information content (AvgIpc) is 2.72. The van der Waals surface area contributed by atoms with Crippen LogP contribution in [0.25, 0.3) is 0 Å². The molecule has 0 spiro atoms. The molecule has 0 aliphatic rings. The quantitative estimate of drug-likeness (QED) is 0.537. The highest BCUT2D eigenvalue weighted by Crippen LogP contribution is 2.15. The number of nitrogens with one attached hydrogen (secondary N) is 1. The number of hydrogen-bond donors (Lipinski definition) is 1. The van der Waals surface area contributed by atoms with E-state index in [9.17, 15) is 14.4 Å². The summed E-state index contributed by atoms with van der Waals surface area (Å²) >= 11 is 0. The minimum atomic E-state index is -0.862. The molecule has 7 heteroatoms. The van der Waals surface area contributed by atoms with Crippen LogP contribution in [0.3, 0.4) is 0 Å². The first-order chi connectivity index (χ1) is 13.9. The van der Waals surface area contributed by atoms with E-state index < -0.39 is 24.1 Å². The van der Waals surface area contributed by atoms with Crippen molar-refractivity contribution >= 4 is 18.0 Å². The number of methoxy groups -OCH3 is 1. The molecule has 0 aliphatic heterocycles. The zero-order valence-corrected chi connectivity index (χ0v) is 16.7. The predicted octanol–water partition coefficient (Wildman–Crippen LogP) is 3.72. The number of ether oxygens (including phenoxy) is 3. The Morgan fingerprint density at radius 2 is 1.62 bits per heavy atom. The number of hydrogen-bond acceptors (Lipinski definition) is 6. The molecule has 154 valence electrons. The highest BCUT2D eigenvalue weighted by Gasteiger charge is 2.25. The van der Waals surface area contributed by atoms with Gasteiger partial charge in [0, 0.05) is 0 Å². The van der Waals surface area contributed by atoms with Crippen molar-refractivity contribution in [1.29, 1.82) is 0 Å². The maximum absolute atomic E-state index is 12.5. The van der Waals surface area contributed by atoms with Gasteiger partial charge in [0.2, 0.25) is 0 Å². The maximum atomic E-state index is 12.5. The van der Waals surface area contributed by atoms with Crippen LogP contribution >= 0.6 is 0 Å². The van der Waals surface area contributed by atoms with Crippen LogP contribution in [-0.2, 0) is 20.9 Å². The van der Waals surface area contributed by atoms with Crippen LogP contribution in [0.15, 0.2) is 54.6 Å². The van der Waals surface area contributed by atoms with Gasteiger partial charge in [-0.1, -0.05) is 44.2 Å². The van der Waals surface area contributed by atoms with Crippen LogP contribution in [0.2, 0.25) is 0 Å². The van der Waals surface area contributed by atoms with Crippen molar-refractivity contribution in [3.8, 4) is 5.75 Å². The molecule has 1 N–H and O–H groups in total. The number of esters is 2. The monoisotopic (exact) mass is 399 g/mol. The molecule has 0 bridgehead atoms. The second-order valence-corrected chi connectivity index (χ2v) is 6.83. The van der Waals surface area contributed by atoms with E-state index >= 15 is 0 Å². The van der Waals surface area contributed by atoms with Crippen LogP contribution < -0.4 is 10.1 Å². The summed E-state index contributed by atoms with van der Waals surface area (Å²) in [5.74, 6) is -0.691. The third kappa shape index (κ3) is 7.29. The number of benzene rings is 2. The fourth-order valence-corrected chi connectivity index (χ4v) is 2.56. The number of carbonyl (C=O) groups is 3. The molecule has 0 saturated heterocycles. The Balaban J connectivity index is 1.96. The van der Waals surface area contributed by atoms with Gasteiger partial charge in [-0.25, -0.2) is 14.4 Å². The highest BCUT2D eigenvalue weighted by molar-refractivity contribution is 5.89. The SMILES string of the molecule is COC(=O)c1ccc(OC(=O)C(CC(C)C)NC(=O)OCc2ccccc2)cc1. The van der Waals surface area contributed by atoms with Gasteiger partial charge in [-0.15, -0.1) is 0 Å². The van der Waals surface area contributed by atoms with E-state index in [1.807, 2.05) is 44.2 Å². The van der Waals surface area contributed by atoms with E-state index in [0.717, 1.165) is 5.56 Å². The van der Waals surface area contributed by atoms with Crippen LogP contribution in [-0.4, -0.2) is 31.2 Å². The van der Waals surface area contributed by atoms with Crippen molar-refractivity contribution in [1.82, 2.24) is 5.32 Å². The van der Waals surface area contributed by atoms with Crippen LogP contribution in [0.4, 0.5) is 4.79 Å². The van der Waals surface area contributed by atoms with Gasteiger partial charge in [0.15, 0.2) is 0 Å². The lowest BCUT2D eigenvalue weighted by atomic mass is 10.0. The summed E-state index contributed by atoms with van der Waals surface area (Å²) in [5, 5.41) is 2.57. The van der Waals surface area contributed by atoms with E-state index in [-0.39, 0.29) is 18.3 Å². The topological polar surface area (TPSA) is 90.9 Å². The van der Waals surface area contributed by atoms with Gasteiger partial charge in [0.05, 0.1) is 12.7 Å². The molecule has 0 aliphatic carbocycles. The molecule has 0 radical (unpaired) electrons. The smallest absolute Gasteiger partial charge is 0.408 e. The van der Waals surface area contributed by atoms with Crippen LogP contribution in [0.5, 0.6) is 5.75 Å². The van der Waals surface area contributed by atoms with Gasteiger partial charge in [-0.2, -0.15) is 0 Å². The van der Waals surface area contributed by atoms with E-state index in [1.165, 1.54) is 31.4 Å². The number of carbonyl (C=O) groups excluding carboxylic acids is 3. The number of amides is 1. The van der Waals surface area contributed by atoms with Crippen molar-refractivity contribution in [3.05, 3.63) is 65.7 Å². The largest absolute Gasteiger partial charge is 0.465 e. The van der Waals surface area contributed by atoms with Gasteiger partial charge >= 0.3 is 18.0 Å². The Morgan fingerprint density at radius 3 is 2.21 bits per heavy atom. The molecule has 29 heavy (non-hydrogen) atoms. The lowest BCUT2D eigenvalue weighted by molar-refractivity contribution is -0.137. The van der Waals surface area contributed by atoms with E-state index in [2.05, 4.69) is 10.1 Å². The molecule has 1 unspecified atom stereocenters. The van der Waals surface area contributed by atoms with Crippen LogP contribution in [0, 0.1) is 5.92 Å². The van der Waals surface area contributed by atoms with E-state index in [1.54, 1.807) is 0 Å². The fraction of sp³-hybridized carbons (Fsp3) is 0.318. The number of alkyl carbamates (subject to hydrolysis) is 1.